The molecule has 2 aliphatic rings. The normalized spacial score (nSPS) is 15.6. The number of ether oxygens (including phenoxy) is 2. The number of nitrogens with one attached hydrogen (secondary N) is 3. The third kappa shape index (κ3) is 6.70. The van der Waals surface area contributed by atoms with E-state index in [0.717, 1.165) is 46.3 Å². The Hall–Kier alpha value is -4.33. The predicted octanol–water partition coefficient (Wildman–Crippen LogP) is 5.34. The van der Waals surface area contributed by atoms with E-state index in [9.17, 15) is 14.4 Å². The molecule has 0 saturated carbocycles. The number of fused-ring (bicyclic) bond motifs is 4. The smallest absolute Gasteiger partial charge is 0.407 e. The van der Waals surface area contributed by atoms with E-state index in [1.807, 2.05) is 42.5 Å². The molecule has 3 N–H and O–H groups in total. The van der Waals surface area contributed by atoms with Gasteiger partial charge < -0.3 is 25.4 Å². The number of benzene rings is 3. The Morgan fingerprint density at radius 1 is 0.878 bits per heavy atom. The van der Waals surface area contributed by atoms with Crippen molar-refractivity contribution < 1.29 is 23.9 Å². The van der Waals surface area contributed by atoms with Crippen molar-refractivity contribution in [2.75, 3.05) is 32.1 Å². The summed E-state index contributed by atoms with van der Waals surface area (Å²) in [4.78, 5) is 37.7. The van der Waals surface area contributed by atoms with Gasteiger partial charge in [-0.05, 0) is 53.1 Å². The molecule has 41 heavy (non-hydrogen) atoms. The molecule has 8 heteroatoms. The minimum atomic E-state index is -0.751. The number of methoxy groups -OCH3 is 1. The standard InChI is InChI=1S/C33H37N3O5/c1-40-31(37)17-3-2-10-18-34-32(38)30(19-22-20-35-29-16-9-8-11-23(22)29)36-33(39)41-21-28-26-14-6-4-12-24(26)25-13-5-7-15-27(25)28/h4-9,11-16,22,28,30,35H,2-3,10,17-21H2,1H3,(H,34,38)(H,36,39)/t22?,30-/m0/s1. The number of hydrogen-bond donors (Lipinski definition) is 3. The van der Waals surface area contributed by atoms with Crippen molar-refractivity contribution >= 4 is 23.7 Å². The van der Waals surface area contributed by atoms with Gasteiger partial charge in [-0.15, -0.1) is 0 Å². The van der Waals surface area contributed by atoms with Crippen LogP contribution in [0, 0.1) is 0 Å². The number of amides is 2. The van der Waals surface area contributed by atoms with Crippen molar-refractivity contribution in [2.45, 2.75) is 50.0 Å². The Bertz CT molecular complexity index is 1350. The monoisotopic (exact) mass is 555 g/mol. The molecule has 1 aliphatic carbocycles. The zero-order valence-corrected chi connectivity index (χ0v) is 23.4. The van der Waals surface area contributed by atoms with Gasteiger partial charge in [0.2, 0.25) is 5.91 Å². The van der Waals surface area contributed by atoms with E-state index in [2.05, 4.69) is 51.0 Å². The van der Waals surface area contributed by atoms with Crippen LogP contribution in [0.25, 0.3) is 11.1 Å². The molecule has 2 atom stereocenters. The van der Waals surface area contributed by atoms with Crippen molar-refractivity contribution in [1.82, 2.24) is 10.6 Å². The average Bonchev–Trinajstić information content (AvgIpc) is 3.56. The average molecular weight is 556 g/mol. The first kappa shape index (κ1) is 28.2. The number of alkyl carbamates (subject to hydrolysis) is 1. The molecule has 0 saturated heterocycles. The summed E-state index contributed by atoms with van der Waals surface area (Å²) < 4.78 is 10.4. The summed E-state index contributed by atoms with van der Waals surface area (Å²) in [7, 11) is 1.38. The van der Waals surface area contributed by atoms with Gasteiger partial charge in [-0.25, -0.2) is 4.79 Å². The lowest BCUT2D eigenvalue weighted by atomic mass is 9.93. The topological polar surface area (TPSA) is 106 Å². The molecule has 2 amide bonds. The molecular weight excluding hydrogens is 518 g/mol. The maximum atomic E-state index is 13.3. The molecule has 0 bridgehead atoms. The molecule has 1 heterocycles. The van der Waals surface area contributed by atoms with Crippen LogP contribution in [0.3, 0.4) is 0 Å². The number of hydrogen-bond acceptors (Lipinski definition) is 6. The fraction of sp³-hybridized carbons (Fsp3) is 0.364. The summed E-state index contributed by atoms with van der Waals surface area (Å²) in [5.74, 6) is -0.449. The summed E-state index contributed by atoms with van der Waals surface area (Å²) in [5.41, 5.74) is 6.79. The predicted molar refractivity (Wildman–Crippen MR) is 158 cm³/mol. The highest BCUT2D eigenvalue weighted by molar-refractivity contribution is 5.86. The third-order valence-corrected chi connectivity index (χ3v) is 8.00. The van der Waals surface area contributed by atoms with Gasteiger partial charge in [-0.1, -0.05) is 73.2 Å². The highest BCUT2D eigenvalue weighted by atomic mass is 16.5. The van der Waals surface area contributed by atoms with E-state index in [0.29, 0.717) is 32.4 Å². The van der Waals surface area contributed by atoms with E-state index >= 15 is 0 Å². The van der Waals surface area contributed by atoms with Crippen molar-refractivity contribution in [3.63, 3.8) is 0 Å². The molecule has 0 spiro atoms. The van der Waals surface area contributed by atoms with Gasteiger partial charge in [0.25, 0.3) is 0 Å². The maximum Gasteiger partial charge on any atom is 0.407 e. The quantitative estimate of drug-likeness (QED) is 0.206. The number of para-hydroxylation sites is 1. The van der Waals surface area contributed by atoms with Crippen LogP contribution in [0.4, 0.5) is 10.5 Å². The van der Waals surface area contributed by atoms with Crippen LogP contribution in [0.2, 0.25) is 0 Å². The van der Waals surface area contributed by atoms with Crippen LogP contribution >= 0.6 is 0 Å². The van der Waals surface area contributed by atoms with Crippen LogP contribution in [0.5, 0.6) is 0 Å². The Labute approximate surface area is 240 Å². The minimum Gasteiger partial charge on any atom is -0.469 e. The number of rotatable bonds is 12. The second-order valence-corrected chi connectivity index (χ2v) is 10.6. The zero-order chi connectivity index (χ0) is 28.6. The third-order valence-electron chi connectivity index (χ3n) is 8.00. The number of carbonyl (C=O) groups excluding carboxylic acids is 3. The Balaban J connectivity index is 1.20. The second kappa shape index (κ2) is 13.4. The Morgan fingerprint density at radius 3 is 2.24 bits per heavy atom. The molecule has 1 aliphatic heterocycles. The fourth-order valence-electron chi connectivity index (χ4n) is 5.87. The van der Waals surface area contributed by atoms with Gasteiger partial charge in [0.1, 0.15) is 12.6 Å². The van der Waals surface area contributed by atoms with Gasteiger partial charge in [-0.2, -0.15) is 0 Å². The van der Waals surface area contributed by atoms with Crippen LogP contribution in [0.1, 0.15) is 60.6 Å². The molecule has 5 rings (SSSR count). The number of carbonyl (C=O) groups is 3. The zero-order valence-electron chi connectivity index (χ0n) is 23.4. The molecule has 3 aromatic rings. The van der Waals surface area contributed by atoms with E-state index in [-0.39, 0.29) is 30.3 Å². The fourth-order valence-corrected chi connectivity index (χ4v) is 5.87. The largest absolute Gasteiger partial charge is 0.469 e. The first-order valence-corrected chi connectivity index (χ1v) is 14.3. The maximum absolute atomic E-state index is 13.3. The molecule has 0 fully saturated rings. The Kier molecular flexibility index (Phi) is 9.19. The summed E-state index contributed by atoms with van der Waals surface area (Å²) in [6, 6.07) is 23.7. The van der Waals surface area contributed by atoms with Crippen molar-refractivity contribution in [3.8, 4) is 11.1 Å². The molecule has 214 valence electrons. The van der Waals surface area contributed by atoms with Gasteiger partial charge in [0.05, 0.1) is 7.11 Å². The highest BCUT2D eigenvalue weighted by Crippen LogP contribution is 2.44. The molecule has 8 nitrogen and oxygen atoms in total. The van der Waals surface area contributed by atoms with E-state index in [1.165, 1.54) is 7.11 Å². The van der Waals surface area contributed by atoms with Crippen LogP contribution in [-0.4, -0.2) is 50.8 Å². The van der Waals surface area contributed by atoms with Crippen LogP contribution in [0.15, 0.2) is 72.8 Å². The lowest BCUT2D eigenvalue weighted by Crippen LogP contribution is -2.48. The van der Waals surface area contributed by atoms with E-state index in [1.54, 1.807) is 0 Å². The van der Waals surface area contributed by atoms with E-state index in [4.69, 9.17) is 4.74 Å². The van der Waals surface area contributed by atoms with Gasteiger partial charge in [0, 0.05) is 37.0 Å². The SMILES string of the molecule is COC(=O)CCCCCNC(=O)[C@H](CC1CNc2ccccc21)NC(=O)OCC1c2ccccc2-c2ccccc21. The van der Waals surface area contributed by atoms with Crippen LogP contribution in [-0.2, 0) is 19.1 Å². The van der Waals surface area contributed by atoms with Gasteiger partial charge in [-0.3, -0.25) is 9.59 Å². The van der Waals surface area contributed by atoms with Crippen molar-refractivity contribution in [1.29, 1.82) is 0 Å². The Morgan fingerprint density at radius 2 is 1.54 bits per heavy atom. The lowest BCUT2D eigenvalue weighted by Gasteiger charge is -2.22. The minimum absolute atomic E-state index is 0.0590. The van der Waals surface area contributed by atoms with Gasteiger partial charge in [0.15, 0.2) is 0 Å². The first-order valence-electron chi connectivity index (χ1n) is 14.3. The first-order chi connectivity index (χ1) is 20.0. The molecule has 1 unspecified atom stereocenters. The summed E-state index contributed by atoms with van der Waals surface area (Å²) in [6.07, 6.45) is 2.43. The lowest BCUT2D eigenvalue weighted by molar-refractivity contribution is -0.140. The second-order valence-electron chi connectivity index (χ2n) is 10.6. The molecule has 0 radical (unpaired) electrons. The van der Waals surface area contributed by atoms with Crippen LogP contribution < -0.4 is 16.0 Å². The summed E-state index contributed by atoms with van der Waals surface area (Å²) in [6.45, 7) is 1.34. The van der Waals surface area contributed by atoms with Crippen molar-refractivity contribution in [2.24, 2.45) is 0 Å². The molecule has 3 aromatic carbocycles. The summed E-state index contributed by atoms with van der Waals surface area (Å²) >= 11 is 0. The number of anilines is 1. The highest BCUT2D eigenvalue weighted by Gasteiger charge is 2.32. The van der Waals surface area contributed by atoms with Crippen molar-refractivity contribution in [3.05, 3.63) is 89.5 Å². The van der Waals surface area contributed by atoms with Gasteiger partial charge >= 0.3 is 12.1 Å². The molecule has 0 aromatic heterocycles. The number of unbranched alkanes of at least 4 members (excludes halogenated alkanes) is 2. The number of esters is 1. The van der Waals surface area contributed by atoms with E-state index < -0.39 is 12.1 Å². The molecular formula is C33H37N3O5. The summed E-state index contributed by atoms with van der Waals surface area (Å²) in [5, 5.41) is 9.22.